The van der Waals surface area contributed by atoms with Crippen molar-refractivity contribution in [1.29, 1.82) is 0 Å². The van der Waals surface area contributed by atoms with Gasteiger partial charge in [0.15, 0.2) is 0 Å². The molecule has 1 saturated heterocycles. The van der Waals surface area contributed by atoms with Gasteiger partial charge in [0.2, 0.25) is 5.91 Å². The minimum Gasteiger partial charge on any atom is -0.373 e. The van der Waals surface area contributed by atoms with Gasteiger partial charge in [0.1, 0.15) is 5.82 Å². The smallest absolute Gasteiger partial charge is 0.250 e. The van der Waals surface area contributed by atoms with E-state index in [0.717, 1.165) is 18.7 Å². The van der Waals surface area contributed by atoms with Crippen LogP contribution in [0.15, 0.2) is 42.1 Å². The van der Waals surface area contributed by atoms with Crippen molar-refractivity contribution in [2.75, 3.05) is 32.8 Å². The molecule has 8 heteroatoms. The van der Waals surface area contributed by atoms with Crippen LogP contribution in [-0.2, 0) is 9.53 Å². The number of nitrogens with two attached hydrogens (primary N) is 1. The van der Waals surface area contributed by atoms with E-state index in [9.17, 15) is 9.18 Å². The van der Waals surface area contributed by atoms with E-state index in [1.807, 2.05) is 11.0 Å². The summed E-state index contributed by atoms with van der Waals surface area (Å²) >= 11 is 5.79. The molecular weight excluding hydrogens is 380 g/mol. The van der Waals surface area contributed by atoms with Crippen molar-refractivity contribution in [3.8, 4) is 0 Å². The Morgan fingerprint density at radius 2 is 2.27 bits per heavy atom. The van der Waals surface area contributed by atoms with E-state index < -0.39 is 11.7 Å². The largest absolute Gasteiger partial charge is 0.373 e. The third-order valence-corrected chi connectivity index (χ3v) is 4.70. The first kappa shape index (κ1) is 20.7. The van der Waals surface area contributed by atoms with Crippen molar-refractivity contribution in [1.82, 2.24) is 10.2 Å². The Morgan fingerprint density at radius 3 is 3.00 bits per heavy atom. The molecule has 3 rings (SSSR count). The van der Waals surface area contributed by atoms with Crippen LogP contribution in [0, 0.1) is 11.7 Å². The summed E-state index contributed by atoms with van der Waals surface area (Å²) in [6, 6.07) is 4.79. The number of nitrogens with one attached hydrogen (secondary N) is 1. The third kappa shape index (κ3) is 4.98. The van der Waals surface area contributed by atoms with Gasteiger partial charge in [0.25, 0.3) is 0 Å². The van der Waals surface area contributed by atoms with E-state index in [2.05, 4.69) is 5.32 Å². The van der Waals surface area contributed by atoms with Crippen molar-refractivity contribution < 1.29 is 13.9 Å². The minimum absolute atomic E-state index is 0. The maximum atomic E-state index is 13.9. The zero-order valence-corrected chi connectivity index (χ0v) is 15.7. The monoisotopic (exact) mass is 401 g/mol. The van der Waals surface area contributed by atoms with Crippen molar-refractivity contribution >= 4 is 29.9 Å². The van der Waals surface area contributed by atoms with E-state index in [-0.39, 0.29) is 29.5 Å². The van der Waals surface area contributed by atoms with Crippen molar-refractivity contribution in [2.45, 2.75) is 6.10 Å². The van der Waals surface area contributed by atoms with Crippen LogP contribution in [0.4, 0.5) is 4.39 Å². The van der Waals surface area contributed by atoms with Crippen LogP contribution in [-0.4, -0.2) is 43.6 Å². The van der Waals surface area contributed by atoms with Gasteiger partial charge in [-0.1, -0.05) is 29.8 Å². The zero-order chi connectivity index (χ0) is 17.8. The van der Waals surface area contributed by atoms with E-state index in [4.69, 9.17) is 22.1 Å². The lowest BCUT2D eigenvalue weighted by Crippen LogP contribution is -2.36. The van der Waals surface area contributed by atoms with Crippen molar-refractivity contribution in [3.05, 3.63) is 58.5 Å². The highest BCUT2D eigenvalue weighted by Gasteiger charge is 2.28. The van der Waals surface area contributed by atoms with Gasteiger partial charge in [-0.15, -0.1) is 12.4 Å². The molecule has 2 heterocycles. The maximum Gasteiger partial charge on any atom is 0.250 e. The molecule has 0 saturated carbocycles. The topological polar surface area (TPSA) is 67.6 Å². The number of halogens is 3. The number of benzene rings is 1. The summed E-state index contributed by atoms with van der Waals surface area (Å²) in [5, 5.41) is 3.44. The lowest BCUT2D eigenvalue weighted by molar-refractivity contribution is -0.114. The van der Waals surface area contributed by atoms with Gasteiger partial charge in [0, 0.05) is 38.3 Å². The van der Waals surface area contributed by atoms with Crippen LogP contribution in [0.2, 0.25) is 5.02 Å². The second kappa shape index (κ2) is 9.37. The lowest BCUT2D eigenvalue weighted by Gasteiger charge is -2.31. The number of amides is 1. The quantitative estimate of drug-likeness (QED) is 0.812. The predicted octanol–water partition coefficient (Wildman–Crippen LogP) is 2.42. The maximum absolute atomic E-state index is 13.9. The SMILES string of the molecule is Cl.NC(=O)C1=CN(C[C@@H]2CNCCO[C@H]2c2ccc(Cl)c(F)c2)CC=C1. The van der Waals surface area contributed by atoms with Crippen LogP contribution in [0.5, 0.6) is 0 Å². The standard InChI is InChI=1S/C18H21ClFN3O2.ClH/c19-15-4-3-12(8-16(15)20)17-14(9-22-5-7-25-17)11-23-6-1-2-13(10-23)18(21)24;/h1-4,8,10,14,17,22H,5-7,9,11H2,(H2,21,24);1H/t14-,17-;/m0./s1. The molecule has 1 amide bonds. The van der Waals surface area contributed by atoms with Crippen LogP contribution >= 0.6 is 24.0 Å². The summed E-state index contributed by atoms with van der Waals surface area (Å²) < 4.78 is 19.9. The number of primary amides is 1. The highest BCUT2D eigenvalue weighted by molar-refractivity contribution is 6.30. The fourth-order valence-corrected chi connectivity index (χ4v) is 3.31. The Hall–Kier alpha value is -1.60. The van der Waals surface area contributed by atoms with Crippen LogP contribution < -0.4 is 11.1 Å². The predicted molar refractivity (Wildman–Crippen MR) is 102 cm³/mol. The molecule has 2 aliphatic heterocycles. The first-order valence-electron chi connectivity index (χ1n) is 8.24. The van der Waals surface area contributed by atoms with E-state index in [1.54, 1.807) is 24.4 Å². The molecule has 1 aromatic rings. The van der Waals surface area contributed by atoms with Gasteiger partial charge in [-0.2, -0.15) is 0 Å². The molecule has 1 fully saturated rings. The number of nitrogens with zero attached hydrogens (tertiary/aromatic N) is 1. The Morgan fingerprint density at radius 1 is 1.46 bits per heavy atom. The van der Waals surface area contributed by atoms with Gasteiger partial charge in [-0.05, 0) is 17.7 Å². The van der Waals surface area contributed by atoms with Crippen molar-refractivity contribution in [3.63, 3.8) is 0 Å². The number of hydrogen-bond acceptors (Lipinski definition) is 4. The molecule has 142 valence electrons. The average Bonchev–Trinajstić information content (AvgIpc) is 2.83. The normalized spacial score (nSPS) is 23.0. The third-order valence-electron chi connectivity index (χ3n) is 4.40. The molecule has 3 N–H and O–H groups in total. The average molecular weight is 402 g/mol. The first-order valence-corrected chi connectivity index (χ1v) is 8.62. The fraction of sp³-hybridized carbons (Fsp3) is 0.389. The van der Waals surface area contributed by atoms with Gasteiger partial charge in [0.05, 0.1) is 23.3 Å². The summed E-state index contributed by atoms with van der Waals surface area (Å²) in [7, 11) is 0. The van der Waals surface area contributed by atoms with Crippen LogP contribution in [0.3, 0.4) is 0 Å². The Bertz CT molecular complexity index is 712. The molecule has 0 unspecified atom stereocenters. The molecule has 2 aliphatic rings. The number of ether oxygens (including phenoxy) is 1. The Kier molecular flexibility index (Phi) is 7.46. The number of rotatable bonds is 4. The molecular formula is C18H22Cl2FN3O2. The van der Waals surface area contributed by atoms with Crippen LogP contribution in [0.25, 0.3) is 0 Å². The highest BCUT2D eigenvalue weighted by atomic mass is 35.5. The number of hydrogen-bond donors (Lipinski definition) is 2. The molecule has 0 radical (unpaired) electrons. The second-order valence-corrected chi connectivity index (χ2v) is 6.64. The van der Waals surface area contributed by atoms with Gasteiger partial charge in [-0.3, -0.25) is 4.79 Å². The van der Waals surface area contributed by atoms with Gasteiger partial charge >= 0.3 is 0 Å². The molecule has 5 nitrogen and oxygen atoms in total. The first-order chi connectivity index (χ1) is 12.0. The summed E-state index contributed by atoms with van der Waals surface area (Å²) in [5.41, 5.74) is 6.60. The molecule has 0 spiro atoms. The van der Waals surface area contributed by atoms with E-state index in [1.165, 1.54) is 6.07 Å². The number of carbonyl (C=O) groups excluding carboxylic acids is 1. The molecule has 2 atom stereocenters. The summed E-state index contributed by atoms with van der Waals surface area (Å²) in [6.07, 6.45) is 5.15. The summed E-state index contributed by atoms with van der Waals surface area (Å²) in [5.74, 6) is -0.817. The molecule has 0 aliphatic carbocycles. The zero-order valence-electron chi connectivity index (χ0n) is 14.2. The second-order valence-electron chi connectivity index (χ2n) is 6.23. The summed E-state index contributed by atoms with van der Waals surface area (Å²) in [4.78, 5) is 13.4. The Balaban J connectivity index is 0.00000243. The van der Waals surface area contributed by atoms with Gasteiger partial charge < -0.3 is 20.7 Å². The van der Waals surface area contributed by atoms with Crippen LogP contribution in [0.1, 0.15) is 11.7 Å². The van der Waals surface area contributed by atoms with Gasteiger partial charge in [-0.25, -0.2) is 4.39 Å². The summed E-state index contributed by atoms with van der Waals surface area (Å²) in [6.45, 7) is 3.37. The fourth-order valence-electron chi connectivity index (χ4n) is 3.19. The molecule has 0 aromatic heterocycles. The highest BCUT2D eigenvalue weighted by Crippen LogP contribution is 2.30. The van der Waals surface area contributed by atoms with E-state index in [0.29, 0.717) is 25.3 Å². The minimum atomic E-state index is -0.451. The molecule has 0 bridgehead atoms. The van der Waals surface area contributed by atoms with Crippen molar-refractivity contribution in [2.24, 2.45) is 11.7 Å². The Labute approximate surface area is 163 Å². The van der Waals surface area contributed by atoms with E-state index >= 15 is 0 Å². The number of carbonyl (C=O) groups is 1. The molecule has 26 heavy (non-hydrogen) atoms. The molecule has 1 aromatic carbocycles. The lowest BCUT2D eigenvalue weighted by atomic mass is 9.94.